The van der Waals surface area contributed by atoms with Crippen molar-refractivity contribution in [3.63, 3.8) is 0 Å². The van der Waals surface area contributed by atoms with Crippen molar-refractivity contribution in [3.8, 4) is 11.4 Å². The lowest BCUT2D eigenvalue weighted by molar-refractivity contribution is -0.117. The zero-order valence-corrected chi connectivity index (χ0v) is 16.3. The van der Waals surface area contributed by atoms with Crippen molar-refractivity contribution < 1.29 is 14.7 Å². The van der Waals surface area contributed by atoms with Crippen molar-refractivity contribution >= 4 is 35.0 Å². The van der Waals surface area contributed by atoms with Crippen molar-refractivity contribution in [1.29, 1.82) is 0 Å². The van der Waals surface area contributed by atoms with Gasteiger partial charge in [-0.15, -0.1) is 5.10 Å². The Morgan fingerprint density at radius 1 is 1.24 bits per heavy atom. The molecule has 0 saturated heterocycles. The fraction of sp³-hybridized carbons (Fsp3) is 0.211. The maximum Gasteiger partial charge on any atom is 0.237 e. The Morgan fingerprint density at radius 3 is 2.79 bits per heavy atom. The molecule has 9 nitrogen and oxygen atoms in total. The van der Waals surface area contributed by atoms with Crippen LogP contribution in [-0.2, 0) is 9.59 Å². The van der Waals surface area contributed by atoms with Gasteiger partial charge in [0.05, 0.1) is 22.8 Å². The number of aromatic hydroxyl groups is 1. The van der Waals surface area contributed by atoms with Gasteiger partial charge >= 0.3 is 0 Å². The number of hydrogen-bond acceptors (Lipinski definition) is 7. The predicted molar refractivity (Wildman–Crippen MR) is 108 cm³/mol. The molecule has 0 saturated carbocycles. The zero-order valence-electron chi connectivity index (χ0n) is 15.5. The number of amides is 2. The Balaban J connectivity index is 1.54. The van der Waals surface area contributed by atoms with E-state index in [1.807, 2.05) is 25.1 Å². The Bertz CT molecular complexity index is 1050. The lowest BCUT2D eigenvalue weighted by atomic mass is 10.2. The molecule has 1 aliphatic rings. The average molecular weight is 410 g/mol. The van der Waals surface area contributed by atoms with Crippen LogP contribution in [0.25, 0.3) is 5.69 Å². The van der Waals surface area contributed by atoms with E-state index >= 15 is 0 Å². The van der Waals surface area contributed by atoms with E-state index in [1.54, 1.807) is 23.1 Å². The van der Waals surface area contributed by atoms with Crippen LogP contribution >= 0.6 is 11.8 Å². The number of carbonyl (C=O) groups excluding carboxylic acids is 2. The SMILES string of the molecule is CC1CC(=O)Nc2ccccc2N1C(=O)CSc1nnnn1-c1ccc(O)cc1. The summed E-state index contributed by atoms with van der Waals surface area (Å²) in [7, 11) is 0. The number of fused-ring (bicyclic) bond motifs is 1. The van der Waals surface area contributed by atoms with E-state index in [1.165, 1.54) is 28.6 Å². The number of carbonyl (C=O) groups is 2. The molecule has 0 fully saturated rings. The third kappa shape index (κ3) is 3.92. The molecule has 0 aliphatic carbocycles. The smallest absolute Gasteiger partial charge is 0.237 e. The molecule has 2 heterocycles. The number of thioether (sulfide) groups is 1. The van der Waals surface area contributed by atoms with Gasteiger partial charge in [-0.1, -0.05) is 23.9 Å². The highest BCUT2D eigenvalue weighted by Gasteiger charge is 2.29. The second-order valence-corrected chi connectivity index (χ2v) is 7.50. The van der Waals surface area contributed by atoms with Crippen molar-refractivity contribution in [3.05, 3.63) is 48.5 Å². The van der Waals surface area contributed by atoms with E-state index in [4.69, 9.17) is 0 Å². The summed E-state index contributed by atoms with van der Waals surface area (Å²) in [5.74, 6) is -0.0234. The number of para-hydroxylation sites is 2. The molecular weight excluding hydrogens is 392 g/mol. The molecule has 1 aromatic heterocycles. The number of anilines is 2. The summed E-state index contributed by atoms with van der Waals surface area (Å²) in [6.45, 7) is 1.85. The molecule has 2 N–H and O–H groups in total. The summed E-state index contributed by atoms with van der Waals surface area (Å²) in [5.41, 5.74) is 1.97. The standard InChI is InChI=1S/C19H18N6O3S/c1-12-10-17(27)20-15-4-2-3-5-16(15)24(12)18(28)11-29-19-21-22-23-25(19)13-6-8-14(26)9-7-13/h2-9,12,26H,10-11H2,1H3,(H,20,27). The third-order valence-electron chi connectivity index (χ3n) is 4.49. The van der Waals surface area contributed by atoms with Crippen LogP contribution in [0.1, 0.15) is 13.3 Å². The van der Waals surface area contributed by atoms with Gasteiger partial charge in [0.2, 0.25) is 17.0 Å². The van der Waals surface area contributed by atoms with Crippen LogP contribution < -0.4 is 10.2 Å². The fourth-order valence-corrected chi connectivity index (χ4v) is 3.94. The van der Waals surface area contributed by atoms with E-state index < -0.39 is 0 Å². The molecular formula is C19H18N6O3S. The molecule has 1 unspecified atom stereocenters. The largest absolute Gasteiger partial charge is 0.508 e. The number of phenols is 1. The average Bonchev–Trinajstić information content (AvgIpc) is 3.12. The van der Waals surface area contributed by atoms with E-state index in [9.17, 15) is 14.7 Å². The Kier molecular flexibility index (Phi) is 5.17. The Hall–Kier alpha value is -3.40. The first-order valence-electron chi connectivity index (χ1n) is 8.94. The minimum Gasteiger partial charge on any atom is -0.508 e. The van der Waals surface area contributed by atoms with E-state index in [0.29, 0.717) is 22.2 Å². The molecule has 3 aromatic rings. The second-order valence-electron chi connectivity index (χ2n) is 6.56. The Morgan fingerprint density at radius 2 is 2.00 bits per heavy atom. The fourth-order valence-electron chi connectivity index (χ4n) is 3.19. The van der Waals surface area contributed by atoms with Gasteiger partial charge in [-0.25, -0.2) is 0 Å². The second kappa shape index (κ2) is 7.92. The minimum absolute atomic E-state index is 0.103. The molecule has 0 bridgehead atoms. The molecule has 29 heavy (non-hydrogen) atoms. The van der Waals surface area contributed by atoms with E-state index in [-0.39, 0.29) is 35.8 Å². The quantitative estimate of drug-likeness (QED) is 0.634. The van der Waals surface area contributed by atoms with Gasteiger partial charge < -0.3 is 15.3 Å². The van der Waals surface area contributed by atoms with Crippen LogP contribution in [0.5, 0.6) is 5.75 Å². The van der Waals surface area contributed by atoms with Gasteiger partial charge in [0.25, 0.3) is 0 Å². The summed E-state index contributed by atoms with van der Waals surface area (Å²) in [6.07, 6.45) is 0.219. The molecule has 2 amide bonds. The van der Waals surface area contributed by atoms with Gasteiger partial charge in [0.15, 0.2) is 0 Å². The summed E-state index contributed by atoms with van der Waals surface area (Å²) < 4.78 is 1.50. The van der Waals surface area contributed by atoms with Crippen LogP contribution in [-0.4, -0.2) is 48.9 Å². The first-order valence-corrected chi connectivity index (χ1v) is 9.93. The van der Waals surface area contributed by atoms with E-state index in [0.717, 1.165) is 0 Å². The molecule has 0 radical (unpaired) electrons. The van der Waals surface area contributed by atoms with Gasteiger partial charge in [-0.3, -0.25) is 9.59 Å². The summed E-state index contributed by atoms with van der Waals surface area (Å²) in [6, 6.07) is 13.4. The third-order valence-corrected chi connectivity index (χ3v) is 5.39. The number of phenolic OH excluding ortho intramolecular Hbond substituents is 1. The highest BCUT2D eigenvalue weighted by atomic mass is 32.2. The van der Waals surface area contributed by atoms with Crippen LogP contribution in [0.4, 0.5) is 11.4 Å². The maximum atomic E-state index is 13.1. The topological polar surface area (TPSA) is 113 Å². The van der Waals surface area contributed by atoms with Crippen LogP contribution in [0.15, 0.2) is 53.7 Å². The molecule has 0 spiro atoms. The minimum atomic E-state index is -0.278. The molecule has 4 rings (SSSR count). The van der Waals surface area contributed by atoms with Gasteiger partial charge in [0.1, 0.15) is 5.75 Å². The number of nitrogens with zero attached hydrogens (tertiary/aromatic N) is 5. The molecule has 148 valence electrons. The van der Waals surface area contributed by atoms with Gasteiger partial charge in [-0.2, -0.15) is 4.68 Å². The van der Waals surface area contributed by atoms with Crippen LogP contribution in [0.2, 0.25) is 0 Å². The molecule has 10 heteroatoms. The van der Waals surface area contributed by atoms with Crippen molar-refractivity contribution in [1.82, 2.24) is 20.2 Å². The Labute approximate surface area is 170 Å². The van der Waals surface area contributed by atoms with Crippen LogP contribution in [0, 0.1) is 0 Å². The molecule has 1 atom stereocenters. The lowest BCUT2D eigenvalue weighted by Gasteiger charge is -2.27. The number of rotatable bonds is 4. The number of hydrogen-bond donors (Lipinski definition) is 2. The maximum absolute atomic E-state index is 13.1. The van der Waals surface area contributed by atoms with Crippen LogP contribution in [0.3, 0.4) is 0 Å². The first-order chi connectivity index (χ1) is 14.0. The van der Waals surface area contributed by atoms with Crippen molar-refractivity contribution in [2.45, 2.75) is 24.5 Å². The number of aromatic nitrogens is 4. The normalized spacial score (nSPS) is 16.1. The molecule has 1 aliphatic heterocycles. The van der Waals surface area contributed by atoms with Gasteiger partial charge in [-0.05, 0) is 53.7 Å². The predicted octanol–water partition coefficient (Wildman–Crippen LogP) is 2.22. The lowest BCUT2D eigenvalue weighted by Crippen LogP contribution is -2.40. The first kappa shape index (κ1) is 18.9. The van der Waals surface area contributed by atoms with Crippen molar-refractivity contribution in [2.75, 3.05) is 16.0 Å². The number of benzene rings is 2. The number of tetrazole rings is 1. The summed E-state index contributed by atoms with van der Waals surface area (Å²) in [5, 5.41) is 24.4. The van der Waals surface area contributed by atoms with Crippen molar-refractivity contribution in [2.24, 2.45) is 0 Å². The monoisotopic (exact) mass is 410 g/mol. The highest BCUT2D eigenvalue weighted by molar-refractivity contribution is 7.99. The van der Waals surface area contributed by atoms with Gasteiger partial charge in [0, 0.05) is 12.5 Å². The van der Waals surface area contributed by atoms with E-state index in [2.05, 4.69) is 20.8 Å². The molecule has 2 aromatic carbocycles. The number of nitrogens with one attached hydrogen (secondary N) is 1. The summed E-state index contributed by atoms with van der Waals surface area (Å²) in [4.78, 5) is 26.8. The zero-order chi connectivity index (χ0) is 20.4. The highest BCUT2D eigenvalue weighted by Crippen LogP contribution is 2.32. The summed E-state index contributed by atoms with van der Waals surface area (Å²) >= 11 is 1.21.